The maximum Gasteiger partial charge on any atom is 0.265 e. The lowest BCUT2D eigenvalue weighted by Gasteiger charge is -2.06. The largest absolute Gasteiger partial charge is 0.497 e. The van der Waals surface area contributed by atoms with E-state index in [1.807, 2.05) is 37.3 Å². The second kappa shape index (κ2) is 6.91. The number of nitrogens with one attached hydrogen (secondary N) is 2. The van der Waals surface area contributed by atoms with Crippen molar-refractivity contribution in [3.8, 4) is 11.5 Å². The number of aromatic amines is 1. The van der Waals surface area contributed by atoms with Gasteiger partial charge in [-0.3, -0.25) is 0 Å². The van der Waals surface area contributed by atoms with Crippen LogP contribution < -0.4 is 14.9 Å². The van der Waals surface area contributed by atoms with Crippen LogP contribution >= 0.6 is 0 Å². The Balaban J connectivity index is 1.60. The molecule has 4 rings (SSSR count). The van der Waals surface area contributed by atoms with Crippen LogP contribution in [0.5, 0.6) is 11.5 Å². The summed E-state index contributed by atoms with van der Waals surface area (Å²) in [5, 5.41) is 13.6. The predicted octanol–water partition coefficient (Wildman–Crippen LogP) is 3.28. The molecule has 2 aromatic heterocycles. The van der Waals surface area contributed by atoms with Crippen LogP contribution in [-0.4, -0.2) is 40.6 Å². The number of H-pyrrole nitrogens is 1. The fourth-order valence-corrected chi connectivity index (χ4v) is 2.83. The fraction of sp³-hybridized carbons (Fsp3) is 0.158. The zero-order valence-electron chi connectivity index (χ0n) is 15.1. The summed E-state index contributed by atoms with van der Waals surface area (Å²) in [5.41, 5.74) is 7.08. The lowest BCUT2D eigenvalue weighted by atomic mass is 10.2. The smallest absolute Gasteiger partial charge is 0.265 e. The minimum Gasteiger partial charge on any atom is -0.497 e. The average Bonchev–Trinajstić information content (AvgIpc) is 3.04. The van der Waals surface area contributed by atoms with Crippen LogP contribution in [-0.2, 0) is 0 Å². The molecule has 2 aromatic carbocycles. The van der Waals surface area contributed by atoms with Crippen molar-refractivity contribution < 1.29 is 9.47 Å². The molecule has 0 saturated carbocycles. The molecular formula is C19H18N6O2. The SMILES string of the molecule is COc1ccc(OC)c(/C=N/Nc2nnc3c(n2)[nH]c2ccc(C)cc23)c1. The second-order valence-electron chi connectivity index (χ2n) is 5.98. The summed E-state index contributed by atoms with van der Waals surface area (Å²) in [4.78, 5) is 7.68. The molecule has 0 aliphatic heterocycles. The van der Waals surface area contributed by atoms with E-state index in [0.29, 0.717) is 23.1 Å². The maximum absolute atomic E-state index is 5.33. The Morgan fingerprint density at radius 1 is 1.07 bits per heavy atom. The normalized spacial score (nSPS) is 11.4. The number of hydrogen-bond donors (Lipinski definition) is 2. The number of hydrogen-bond acceptors (Lipinski definition) is 7. The van der Waals surface area contributed by atoms with Crippen molar-refractivity contribution in [2.24, 2.45) is 5.10 Å². The van der Waals surface area contributed by atoms with Crippen molar-refractivity contribution in [3.05, 3.63) is 47.5 Å². The Morgan fingerprint density at radius 2 is 1.96 bits per heavy atom. The summed E-state index contributed by atoms with van der Waals surface area (Å²) in [6, 6.07) is 11.6. The molecule has 0 atom stereocenters. The number of aromatic nitrogens is 4. The number of aryl methyl sites for hydroxylation is 1. The Morgan fingerprint density at radius 3 is 2.78 bits per heavy atom. The molecule has 0 aliphatic carbocycles. The molecule has 0 spiro atoms. The molecule has 8 nitrogen and oxygen atoms in total. The third-order valence-electron chi connectivity index (χ3n) is 4.18. The Hall–Kier alpha value is -3.68. The second-order valence-corrected chi connectivity index (χ2v) is 5.98. The van der Waals surface area contributed by atoms with Gasteiger partial charge >= 0.3 is 0 Å². The van der Waals surface area contributed by atoms with E-state index >= 15 is 0 Å². The molecular weight excluding hydrogens is 344 g/mol. The molecule has 136 valence electrons. The van der Waals surface area contributed by atoms with Crippen LogP contribution in [0.4, 0.5) is 5.95 Å². The van der Waals surface area contributed by atoms with E-state index in [1.54, 1.807) is 20.4 Å². The third-order valence-corrected chi connectivity index (χ3v) is 4.18. The summed E-state index contributed by atoms with van der Waals surface area (Å²) in [5.74, 6) is 1.69. The first-order valence-electron chi connectivity index (χ1n) is 8.32. The quantitative estimate of drug-likeness (QED) is 0.418. The average molecular weight is 362 g/mol. The van der Waals surface area contributed by atoms with Crippen molar-refractivity contribution in [2.75, 3.05) is 19.6 Å². The number of fused-ring (bicyclic) bond motifs is 3. The van der Waals surface area contributed by atoms with E-state index in [1.165, 1.54) is 0 Å². The Labute approximate surface area is 155 Å². The van der Waals surface area contributed by atoms with Crippen molar-refractivity contribution in [1.82, 2.24) is 20.2 Å². The van der Waals surface area contributed by atoms with Crippen molar-refractivity contribution in [1.29, 1.82) is 0 Å². The van der Waals surface area contributed by atoms with E-state index in [2.05, 4.69) is 36.8 Å². The Bertz CT molecular complexity index is 1150. The van der Waals surface area contributed by atoms with Crippen LogP contribution in [0.3, 0.4) is 0 Å². The minimum atomic E-state index is 0.295. The highest BCUT2D eigenvalue weighted by atomic mass is 16.5. The molecule has 27 heavy (non-hydrogen) atoms. The van der Waals surface area contributed by atoms with Crippen molar-refractivity contribution in [2.45, 2.75) is 6.92 Å². The monoisotopic (exact) mass is 362 g/mol. The number of hydrazone groups is 1. The zero-order valence-corrected chi connectivity index (χ0v) is 15.1. The molecule has 2 N–H and O–H groups in total. The van der Waals surface area contributed by atoms with Gasteiger partial charge in [0.1, 0.15) is 17.0 Å². The van der Waals surface area contributed by atoms with Gasteiger partial charge in [-0.05, 0) is 37.3 Å². The van der Waals surface area contributed by atoms with E-state index in [-0.39, 0.29) is 0 Å². The van der Waals surface area contributed by atoms with Crippen LogP contribution in [0, 0.1) is 6.92 Å². The van der Waals surface area contributed by atoms with Crippen LogP contribution in [0.1, 0.15) is 11.1 Å². The molecule has 4 aromatic rings. The third kappa shape index (κ3) is 3.24. The van der Waals surface area contributed by atoms with E-state index < -0.39 is 0 Å². The topological polar surface area (TPSA) is 97.3 Å². The molecule has 0 fully saturated rings. The molecule has 0 aliphatic rings. The van der Waals surface area contributed by atoms with Gasteiger partial charge in [-0.1, -0.05) is 11.6 Å². The molecule has 0 unspecified atom stereocenters. The standard InChI is InChI=1S/C19H18N6O2/c1-11-4-6-15-14(8-11)17-18(21-15)22-19(25-23-17)24-20-10-12-9-13(26-2)5-7-16(12)27-3/h4-10H,1-3H3,(H2,21,22,24,25)/b20-10+. The number of methoxy groups -OCH3 is 2. The van der Waals surface area contributed by atoms with Gasteiger partial charge in [0.2, 0.25) is 0 Å². The van der Waals surface area contributed by atoms with Crippen molar-refractivity contribution in [3.63, 3.8) is 0 Å². The number of ether oxygens (including phenoxy) is 2. The first-order chi connectivity index (χ1) is 13.2. The van der Waals surface area contributed by atoms with Gasteiger partial charge in [0, 0.05) is 16.5 Å². The van der Waals surface area contributed by atoms with Crippen molar-refractivity contribution >= 4 is 34.2 Å². The van der Waals surface area contributed by atoms with Gasteiger partial charge < -0.3 is 14.5 Å². The number of benzene rings is 2. The predicted molar refractivity (Wildman–Crippen MR) is 105 cm³/mol. The van der Waals surface area contributed by atoms with Crippen LogP contribution in [0.2, 0.25) is 0 Å². The number of anilines is 1. The van der Waals surface area contributed by atoms with Crippen LogP contribution in [0.15, 0.2) is 41.5 Å². The van der Waals surface area contributed by atoms with Gasteiger partial charge in [0.25, 0.3) is 5.95 Å². The van der Waals surface area contributed by atoms with E-state index in [4.69, 9.17) is 9.47 Å². The summed E-state index contributed by atoms with van der Waals surface area (Å²) in [7, 11) is 3.21. The number of nitrogens with zero attached hydrogens (tertiary/aromatic N) is 4. The summed E-state index contributed by atoms with van der Waals surface area (Å²) in [6.45, 7) is 2.04. The number of rotatable bonds is 5. The summed E-state index contributed by atoms with van der Waals surface area (Å²) >= 11 is 0. The van der Waals surface area contributed by atoms with E-state index in [0.717, 1.165) is 27.5 Å². The minimum absolute atomic E-state index is 0.295. The van der Waals surface area contributed by atoms with Gasteiger partial charge in [-0.25, -0.2) is 5.43 Å². The lowest BCUT2D eigenvalue weighted by Crippen LogP contribution is -2.00. The highest BCUT2D eigenvalue weighted by Gasteiger charge is 2.09. The molecule has 0 saturated heterocycles. The lowest BCUT2D eigenvalue weighted by molar-refractivity contribution is 0.402. The first-order valence-corrected chi connectivity index (χ1v) is 8.32. The summed E-state index contributed by atoms with van der Waals surface area (Å²) in [6.07, 6.45) is 1.61. The van der Waals surface area contributed by atoms with Gasteiger partial charge in [-0.2, -0.15) is 10.1 Å². The van der Waals surface area contributed by atoms with Gasteiger partial charge in [0.15, 0.2) is 5.65 Å². The molecule has 0 bridgehead atoms. The van der Waals surface area contributed by atoms with E-state index in [9.17, 15) is 0 Å². The highest BCUT2D eigenvalue weighted by Crippen LogP contribution is 2.24. The fourth-order valence-electron chi connectivity index (χ4n) is 2.83. The summed E-state index contributed by atoms with van der Waals surface area (Å²) < 4.78 is 10.6. The molecule has 2 heterocycles. The zero-order chi connectivity index (χ0) is 18.8. The maximum atomic E-state index is 5.33. The molecule has 8 heteroatoms. The highest BCUT2D eigenvalue weighted by molar-refractivity contribution is 6.03. The molecule has 0 amide bonds. The van der Waals surface area contributed by atoms with Crippen LogP contribution in [0.25, 0.3) is 22.1 Å². The van der Waals surface area contributed by atoms with Gasteiger partial charge in [0.05, 0.1) is 20.4 Å². The first kappa shape index (κ1) is 16.8. The van der Waals surface area contributed by atoms with Gasteiger partial charge in [-0.15, -0.1) is 10.2 Å². The Kier molecular flexibility index (Phi) is 4.29. The molecule has 0 radical (unpaired) electrons.